The molecular formula is C21H28N2O4S. The Morgan fingerprint density at radius 2 is 1.82 bits per heavy atom. The van der Waals surface area contributed by atoms with Crippen LogP contribution in [0.1, 0.15) is 57.6 Å². The highest BCUT2D eigenvalue weighted by atomic mass is 32.2. The number of carbonyl (C=O) groups excluding carboxylic acids is 3. The average molecular weight is 405 g/mol. The van der Waals surface area contributed by atoms with Crippen molar-refractivity contribution in [2.24, 2.45) is 0 Å². The first-order valence-electron chi connectivity index (χ1n) is 9.48. The minimum atomic E-state index is -0.516. The van der Waals surface area contributed by atoms with Crippen molar-refractivity contribution in [1.82, 2.24) is 4.90 Å². The number of esters is 1. The maximum Gasteiger partial charge on any atom is 0.333 e. The molecular weight excluding hydrogens is 376 g/mol. The van der Waals surface area contributed by atoms with Gasteiger partial charge in [0.2, 0.25) is 11.8 Å². The number of nitrogens with zero attached hydrogens (tertiary/aromatic N) is 1. The molecule has 0 bridgehead atoms. The summed E-state index contributed by atoms with van der Waals surface area (Å²) in [6.45, 7) is 10.2. The van der Waals surface area contributed by atoms with E-state index in [1.165, 1.54) is 22.7 Å². The molecule has 0 radical (unpaired) electrons. The van der Waals surface area contributed by atoms with Crippen LogP contribution in [-0.4, -0.2) is 41.6 Å². The summed E-state index contributed by atoms with van der Waals surface area (Å²) >= 11 is 1.23. The fourth-order valence-corrected chi connectivity index (χ4v) is 3.93. The zero-order valence-electron chi connectivity index (χ0n) is 17.1. The van der Waals surface area contributed by atoms with E-state index in [2.05, 4.69) is 33.0 Å². The summed E-state index contributed by atoms with van der Waals surface area (Å²) in [7, 11) is 0. The smallest absolute Gasteiger partial charge is 0.333 e. The Morgan fingerprint density at radius 3 is 2.36 bits per heavy atom. The topological polar surface area (TPSA) is 75.7 Å². The zero-order valence-corrected chi connectivity index (χ0v) is 17.9. The molecule has 6 nitrogen and oxygen atoms in total. The summed E-state index contributed by atoms with van der Waals surface area (Å²) in [5.41, 5.74) is 2.93. The van der Waals surface area contributed by atoms with Crippen LogP contribution in [0.2, 0.25) is 0 Å². The molecule has 0 unspecified atom stereocenters. The summed E-state index contributed by atoms with van der Waals surface area (Å²) in [5.74, 6) is -0.303. The molecule has 0 aromatic heterocycles. The molecule has 152 valence electrons. The number of anilines is 1. The summed E-state index contributed by atoms with van der Waals surface area (Å²) in [5, 5.41) is 3.45. The Balaban J connectivity index is 2.22. The molecule has 0 spiro atoms. The highest BCUT2D eigenvalue weighted by Gasteiger charge is 2.29. The second-order valence-corrected chi connectivity index (χ2v) is 8.17. The lowest BCUT2D eigenvalue weighted by molar-refractivity contribution is -0.137. The number of hydrogen-bond acceptors (Lipinski definition) is 5. The molecule has 1 aromatic carbocycles. The van der Waals surface area contributed by atoms with E-state index >= 15 is 0 Å². The summed E-state index contributed by atoms with van der Waals surface area (Å²) in [6, 6.07) is 6.02. The van der Waals surface area contributed by atoms with Gasteiger partial charge in [-0.15, -0.1) is 0 Å². The quantitative estimate of drug-likeness (QED) is 0.552. The van der Waals surface area contributed by atoms with Gasteiger partial charge < -0.3 is 10.1 Å². The molecule has 1 fully saturated rings. The number of carbonyl (C=O) groups is 3. The molecule has 2 rings (SSSR count). The van der Waals surface area contributed by atoms with Gasteiger partial charge >= 0.3 is 5.97 Å². The van der Waals surface area contributed by atoms with E-state index in [0.29, 0.717) is 5.03 Å². The van der Waals surface area contributed by atoms with Gasteiger partial charge in [0.15, 0.2) is 0 Å². The third-order valence-corrected chi connectivity index (χ3v) is 5.40. The van der Waals surface area contributed by atoms with Crippen LogP contribution >= 0.6 is 11.8 Å². The standard InChI is InChI=1S/C21H28N2O4S/c1-6-27-20(26)10-19-23(18(25)12-28-19)11-17(24)22-21-15(13(2)3)8-7-9-16(21)14(4)5/h7-10,13-14H,6,11-12H2,1-5H3,(H,22,24)/b19-10-. The van der Waals surface area contributed by atoms with Gasteiger partial charge in [0, 0.05) is 5.69 Å². The van der Waals surface area contributed by atoms with E-state index < -0.39 is 5.97 Å². The zero-order chi connectivity index (χ0) is 20.8. The number of nitrogens with one attached hydrogen (secondary N) is 1. The molecule has 1 aromatic rings. The number of para-hydroxylation sites is 1. The van der Waals surface area contributed by atoms with Gasteiger partial charge in [0.05, 0.1) is 23.5 Å². The van der Waals surface area contributed by atoms with Gasteiger partial charge in [-0.25, -0.2) is 4.79 Å². The first-order chi connectivity index (χ1) is 13.2. The van der Waals surface area contributed by atoms with Crippen LogP contribution in [0, 0.1) is 0 Å². The highest BCUT2D eigenvalue weighted by Crippen LogP contribution is 2.33. The molecule has 1 aliphatic heterocycles. The lowest BCUT2D eigenvalue weighted by atomic mass is 9.92. The van der Waals surface area contributed by atoms with Crippen molar-refractivity contribution in [2.75, 3.05) is 24.2 Å². The lowest BCUT2D eigenvalue weighted by Gasteiger charge is -2.22. The maximum atomic E-state index is 12.8. The first-order valence-corrected chi connectivity index (χ1v) is 10.5. The predicted molar refractivity (Wildman–Crippen MR) is 112 cm³/mol. The molecule has 7 heteroatoms. The Kier molecular flexibility index (Phi) is 7.69. The Morgan fingerprint density at radius 1 is 1.21 bits per heavy atom. The summed E-state index contributed by atoms with van der Waals surface area (Å²) < 4.78 is 4.90. The number of thioether (sulfide) groups is 1. The van der Waals surface area contributed by atoms with E-state index in [0.717, 1.165) is 16.8 Å². The molecule has 28 heavy (non-hydrogen) atoms. The fourth-order valence-electron chi connectivity index (χ4n) is 3.00. The van der Waals surface area contributed by atoms with E-state index in [1.54, 1.807) is 6.92 Å². The largest absolute Gasteiger partial charge is 0.463 e. The van der Waals surface area contributed by atoms with Crippen LogP contribution in [0.15, 0.2) is 29.3 Å². The van der Waals surface area contributed by atoms with E-state index in [1.807, 2.05) is 18.2 Å². The van der Waals surface area contributed by atoms with Crippen molar-refractivity contribution in [3.05, 3.63) is 40.4 Å². The van der Waals surface area contributed by atoms with Crippen LogP contribution in [-0.2, 0) is 19.1 Å². The second-order valence-electron chi connectivity index (χ2n) is 7.17. The average Bonchev–Trinajstić information content (AvgIpc) is 2.94. The SMILES string of the molecule is CCOC(=O)/C=C1\SCC(=O)N1CC(=O)Nc1c(C(C)C)cccc1C(C)C. The van der Waals surface area contributed by atoms with E-state index in [4.69, 9.17) is 4.74 Å². The van der Waals surface area contributed by atoms with Gasteiger partial charge in [0.1, 0.15) is 6.54 Å². The Labute approximate surface area is 170 Å². The van der Waals surface area contributed by atoms with E-state index in [-0.39, 0.29) is 42.6 Å². The number of amides is 2. The molecule has 0 aliphatic carbocycles. The number of rotatable bonds is 7. The Bertz CT molecular complexity index is 760. The highest BCUT2D eigenvalue weighted by molar-refractivity contribution is 8.04. The fraction of sp³-hybridized carbons (Fsp3) is 0.476. The number of ether oxygens (including phenoxy) is 1. The van der Waals surface area contributed by atoms with Gasteiger partial charge in [-0.3, -0.25) is 14.5 Å². The molecule has 1 N–H and O–H groups in total. The van der Waals surface area contributed by atoms with Crippen LogP contribution in [0.5, 0.6) is 0 Å². The molecule has 1 heterocycles. The maximum absolute atomic E-state index is 12.8. The second kappa shape index (κ2) is 9.78. The van der Waals surface area contributed by atoms with Crippen LogP contribution in [0.3, 0.4) is 0 Å². The predicted octanol–water partition coefficient (Wildman–Crippen LogP) is 3.85. The first kappa shape index (κ1) is 22.0. The summed E-state index contributed by atoms with van der Waals surface area (Å²) in [4.78, 5) is 38.0. The molecule has 1 aliphatic rings. The molecule has 0 saturated carbocycles. The van der Waals surface area contributed by atoms with Crippen molar-refractivity contribution in [3.8, 4) is 0 Å². The van der Waals surface area contributed by atoms with Gasteiger partial charge in [0.25, 0.3) is 0 Å². The third kappa shape index (κ3) is 5.38. The van der Waals surface area contributed by atoms with Crippen molar-refractivity contribution in [2.45, 2.75) is 46.5 Å². The Hall–Kier alpha value is -2.28. The normalized spacial score (nSPS) is 15.6. The van der Waals surface area contributed by atoms with Crippen molar-refractivity contribution in [1.29, 1.82) is 0 Å². The third-order valence-electron chi connectivity index (χ3n) is 4.38. The minimum absolute atomic E-state index is 0.138. The van der Waals surface area contributed by atoms with E-state index in [9.17, 15) is 14.4 Å². The van der Waals surface area contributed by atoms with Crippen LogP contribution in [0.4, 0.5) is 5.69 Å². The monoisotopic (exact) mass is 404 g/mol. The van der Waals surface area contributed by atoms with Gasteiger partial charge in [-0.05, 0) is 29.9 Å². The molecule has 1 saturated heterocycles. The van der Waals surface area contributed by atoms with Gasteiger partial charge in [-0.2, -0.15) is 0 Å². The van der Waals surface area contributed by atoms with Crippen molar-refractivity contribution >= 4 is 35.2 Å². The van der Waals surface area contributed by atoms with Crippen molar-refractivity contribution < 1.29 is 19.1 Å². The molecule has 0 atom stereocenters. The van der Waals surface area contributed by atoms with Crippen LogP contribution in [0.25, 0.3) is 0 Å². The summed E-state index contributed by atoms with van der Waals surface area (Å²) in [6.07, 6.45) is 1.27. The van der Waals surface area contributed by atoms with Gasteiger partial charge in [-0.1, -0.05) is 57.7 Å². The number of hydrogen-bond donors (Lipinski definition) is 1. The molecule has 2 amide bonds. The lowest BCUT2D eigenvalue weighted by Crippen LogP contribution is -2.34. The minimum Gasteiger partial charge on any atom is -0.463 e. The number of benzene rings is 1. The van der Waals surface area contributed by atoms with Crippen LogP contribution < -0.4 is 5.32 Å². The van der Waals surface area contributed by atoms with Crippen molar-refractivity contribution in [3.63, 3.8) is 0 Å².